The Kier molecular flexibility index (Phi) is 4.94. The van der Waals surface area contributed by atoms with Crippen molar-refractivity contribution in [3.8, 4) is 0 Å². The van der Waals surface area contributed by atoms with Crippen LogP contribution in [-0.2, 0) is 19.1 Å². The molecule has 0 atom stereocenters. The fraction of sp³-hybridized carbons (Fsp3) is 0.700. The van der Waals surface area contributed by atoms with Gasteiger partial charge in [-0.25, -0.2) is 0 Å². The first-order valence-electron chi connectivity index (χ1n) is 4.77. The van der Waals surface area contributed by atoms with Gasteiger partial charge in [-0.05, 0) is 20.8 Å². The highest BCUT2D eigenvalue weighted by Crippen LogP contribution is 2.18. The quantitative estimate of drug-likeness (QED) is 0.683. The highest BCUT2D eigenvalue weighted by Gasteiger charge is 2.28. The van der Waals surface area contributed by atoms with E-state index in [1.165, 1.54) is 0 Å². The fourth-order valence-electron chi connectivity index (χ4n) is 0.873. The Bertz CT molecular complexity index is 272. The molecular weight excluding hydrogens is 216 g/mol. The Balaban J connectivity index is 4.48. The molecule has 6 nitrogen and oxygen atoms in total. The molecule has 0 fully saturated rings. The van der Waals surface area contributed by atoms with Gasteiger partial charge in [0.2, 0.25) is 0 Å². The van der Waals surface area contributed by atoms with Crippen LogP contribution in [0, 0.1) is 5.41 Å². The Morgan fingerprint density at radius 3 is 1.69 bits per heavy atom. The highest BCUT2D eigenvalue weighted by atomic mass is 16.5. The van der Waals surface area contributed by atoms with Gasteiger partial charge >= 0.3 is 17.9 Å². The van der Waals surface area contributed by atoms with Crippen molar-refractivity contribution in [2.75, 3.05) is 0 Å². The minimum Gasteiger partial charge on any atom is -0.481 e. The average Bonchev–Trinajstić information content (AvgIpc) is 1.98. The Morgan fingerprint density at radius 2 is 1.44 bits per heavy atom. The topological polar surface area (TPSA) is 101 Å². The number of carboxylic acid groups (broad SMARTS) is 2. The van der Waals surface area contributed by atoms with Crippen molar-refractivity contribution < 1.29 is 29.3 Å². The zero-order valence-electron chi connectivity index (χ0n) is 9.52. The molecule has 0 aromatic heterocycles. The van der Waals surface area contributed by atoms with Gasteiger partial charge in [-0.15, -0.1) is 0 Å². The molecular formula is C10H16O6. The third kappa shape index (κ3) is 6.00. The lowest BCUT2D eigenvalue weighted by Crippen LogP contribution is -2.31. The molecule has 16 heavy (non-hydrogen) atoms. The van der Waals surface area contributed by atoms with Crippen LogP contribution in [0.3, 0.4) is 0 Å². The van der Waals surface area contributed by atoms with E-state index in [1.54, 1.807) is 20.8 Å². The number of rotatable bonds is 5. The number of carboxylic acids is 2. The molecule has 0 heterocycles. The highest BCUT2D eigenvalue weighted by molar-refractivity contribution is 5.77. The number of hydrogen-bond donors (Lipinski definition) is 2. The van der Waals surface area contributed by atoms with Crippen molar-refractivity contribution in [3.63, 3.8) is 0 Å². The van der Waals surface area contributed by atoms with Crippen molar-refractivity contribution in [1.29, 1.82) is 0 Å². The molecule has 6 heteroatoms. The molecule has 0 aliphatic heterocycles. The van der Waals surface area contributed by atoms with Crippen molar-refractivity contribution in [3.05, 3.63) is 0 Å². The van der Waals surface area contributed by atoms with Gasteiger partial charge in [0.15, 0.2) is 0 Å². The van der Waals surface area contributed by atoms with Crippen LogP contribution in [0.5, 0.6) is 0 Å². The molecule has 0 aliphatic rings. The molecule has 0 radical (unpaired) electrons. The van der Waals surface area contributed by atoms with Crippen molar-refractivity contribution in [1.82, 2.24) is 0 Å². The van der Waals surface area contributed by atoms with Crippen LogP contribution < -0.4 is 0 Å². The summed E-state index contributed by atoms with van der Waals surface area (Å²) in [5.41, 5.74) is -0.782. The SMILES string of the molecule is CC(C)(C)C(=O)OC(CC(=O)O)CC(=O)O. The van der Waals surface area contributed by atoms with E-state index < -0.39 is 42.3 Å². The van der Waals surface area contributed by atoms with Crippen molar-refractivity contribution >= 4 is 17.9 Å². The first-order valence-corrected chi connectivity index (χ1v) is 4.77. The summed E-state index contributed by atoms with van der Waals surface area (Å²) < 4.78 is 4.84. The minimum absolute atomic E-state index is 0.506. The van der Waals surface area contributed by atoms with E-state index in [-0.39, 0.29) is 0 Å². The molecule has 0 aromatic carbocycles. The van der Waals surface area contributed by atoms with Crippen molar-refractivity contribution in [2.24, 2.45) is 5.41 Å². The monoisotopic (exact) mass is 232 g/mol. The summed E-state index contributed by atoms with van der Waals surface area (Å²) in [6, 6.07) is 0. The Hall–Kier alpha value is -1.59. The second-order valence-electron chi connectivity index (χ2n) is 4.47. The maximum absolute atomic E-state index is 11.4. The summed E-state index contributed by atoms with van der Waals surface area (Å²) in [4.78, 5) is 32.3. The van der Waals surface area contributed by atoms with Gasteiger partial charge in [0.1, 0.15) is 6.10 Å². The smallest absolute Gasteiger partial charge is 0.311 e. The third-order valence-electron chi connectivity index (χ3n) is 1.69. The fourth-order valence-corrected chi connectivity index (χ4v) is 0.873. The average molecular weight is 232 g/mol. The van der Waals surface area contributed by atoms with Crippen LogP contribution in [0.4, 0.5) is 0 Å². The number of hydrogen-bond acceptors (Lipinski definition) is 4. The second-order valence-corrected chi connectivity index (χ2v) is 4.47. The lowest BCUT2D eigenvalue weighted by molar-refractivity contribution is -0.163. The molecule has 0 rings (SSSR count). The molecule has 0 saturated carbocycles. The molecule has 0 unspecified atom stereocenters. The molecule has 0 aliphatic carbocycles. The summed E-state index contributed by atoms with van der Waals surface area (Å²) >= 11 is 0. The van der Waals surface area contributed by atoms with Gasteiger partial charge in [-0.2, -0.15) is 0 Å². The van der Waals surface area contributed by atoms with E-state index in [4.69, 9.17) is 14.9 Å². The van der Waals surface area contributed by atoms with Gasteiger partial charge in [-0.3, -0.25) is 14.4 Å². The largest absolute Gasteiger partial charge is 0.481 e. The van der Waals surface area contributed by atoms with E-state index in [2.05, 4.69) is 0 Å². The van der Waals surface area contributed by atoms with Crippen LogP contribution >= 0.6 is 0 Å². The van der Waals surface area contributed by atoms with Crippen molar-refractivity contribution in [2.45, 2.75) is 39.7 Å². The van der Waals surface area contributed by atoms with Gasteiger partial charge in [0, 0.05) is 0 Å². The van der Waals surface area contributed by atoms with Gasteiger partial charge < -0.3 is 14.9 Å². The molecule has 92 valence electrons. The third-order valence-corrected chi connectivity index (χ3v) is 1.69. The minimum atomic E-state index is -1.20. The molecule has 0 bridgehead atoms. The van der Waals surface area contributed by atoms with Gasteiger partial charge in [-0.1, -0.05) is 0 Å². The maximum Gasteiger partial charge on any atom is 0.311 e. The number of aliphatic carboxylic acids is 2. The maximum atomic E-state index is 11.4. The number of ether oxygens (including phenoxy) is 1. The van der Waals surface area contributed by atoms with E-state index in [0.717, 1.165) is 0 Å². The van der Waals surface area contributed by atoms with Crippen LogP contribution in [0.1, 0.15) is 33.6 Å². The first-order chi connectivity index (χ1) is 7.12. The zero-order valence-corrected chi connectivity index (χ0v) is 9.52. The van der Waals surface area contributed by atoms with Crippen LogP contribution in [0.2, 0.25) is 0 Å². The Morgan fingerprint density at radius 1 is 1.06 bits per heavy atom. The predicted octanol–water partition coefficient (Wildman–Crippen LogP) is 0.894. The zero-order chi connectivity index (χ0) is 12.9. The first kappa shape index (κ1) is 14.4. The standard InChI is InChI=1S/C10H16O6/c1-10(2,3)9(15)16-6(4-7(11)12)5-8(13)14/h6H,4-5H2,1-3H3,(H,11,12)(H,13,14). The van der Waals surface area contributed by atoms with E-state index in [0.29, 0.717) is 0 Å². The number of esters is 1. The summed E-state index contributed by atoms with van der Waals surface area (Å²) in [5, 5.41) is 17.1. The summed E-state index contributed by atoms with van der Waals surface area (Å²) in [5.74, 6) is -3.01. The van der Waals surface area contributed by atoms with Gasteiger partial charge in [0.25, 0.3) is 0 Å². The predicted molar refractivity (Wildman–Crippen MR) is 53.8 cm³/mol. The molecule has 2 N–H and O–H groups in total. The number of carbonyl (C=O) groups excluding carboxylic acids is 1. The molecule has 0 saturated heterocycles. The van der Waals surface area contributed by atoms with Crippen LogP contribution in [-0.4, -0.2) is 34.2 Å². The molecule has 0 spiro atoms. The Labute approximate surface area is 93.2 Å². The van der Waals surface area contributed by atoms with E-state index >= 15 is 0 Å². The molecule has 0 amide bonds. The van der Waals surface area contributed by atoms with E-state index in [9.17, 15) is 14.4 Å². The summed E-state index contributed by atoms with van der Waals surface area (Å²) in [7, 11) is 0. The second kappa shape index (κ2) is 5.48. The lowest BCUT2D eigenvalue weighted by Gasteiger charge is -2.21. The normalized spacial score (nSPS) is 11.2. The molecule has 0 aromatic rings. The summed E-state index contributed by atoms with van der Waals surface area (Å²) in [6.07, 6.45) is -2.14. The van der Waals surface area contributed by atoms with Crippen LogP contribution in [0.25, 0.3) is 0 Å². The van der Waals surface area contributed by atoms with Crippen LogP contribution in [0.15, 0.2) is 0 Å². The lowest BCUT2D eigenvalue weighted by atomic mass is 9.97. The van der Waals surface area contributed by atoms with E-state index in [1.807, 2.05) is 0 Å². The van der Waals surface area contributed by atoms with Gasteiger partial charge in [0.05, 0.1) is 18.3 Å². The number of carbonyl (C=O) groups is 3. The summed E-state index contributed by atoms with van der Waals surface area (Å²) in [6.45, 7) is 4.82.